The van der Waals surface area contributed by atoms with Crippen LogP contribution in [-0.4, -0.2) is 15.5 Å². The first-order valence-corrected chi connectivity index (χ1v) is 7.28. The van der Waals surface area contributed by atoms with Gasteiger partial charge in [0, 0.05) is 13.1 Å². The minimum absolute atomic E-state index is 0.129. The fourth-order valence-corrected chi connectivity index (χ4v) is 2.65. The molecule has 106 valence electrons. The Bertz CT molecular complexity index is 594. The Morgan fingerprint density at radius 2 is 2.05 bits per heavy atom. The third kappa shape index (κ3) is 3.20. The van der Waals surface area contributed by atoms with E-state index in [1.54, 1.807) is 0 Å². The van der Waals surface area contributed by atoms with Gasteiger partial charge in [0.15, 0.2) is 0 Å². The van der Waals surface area contributed by atoms with Crippen LogP contribution in [0.4, 0.5) is 0 Å². The Balaban J connectivity index is 2.07. The Morgan fingerprint density at radius 1 is 1.35 bits per heavy atom. The van der Waals surface area contributed by atoms with Crippen LogP contribution in [-0.2, 0) is 13.1 Å². The lowest BCUT2D eigenvalue weighted by Crippen LogP contribution is -2.24. The summed E-state index contributed by atoms with van der Waals surface area (Å²) in [7, 11) is 0. The van der Waals surface area contributed by atoms with E-state index in [1.165, 1.54) is 0 Å². The molecule has 0 unspecified atom stereocenters. The molecule has 0 radical (unpaired) electrons. The standard InChI is InChI=1S/C14H18N4OS/c1-9(2)12-13(20-18-17-12)14(19)16-8-11-6-4-3-5-10(11)7-15/h3-6,9H,7-8,15H2,1-2H3,(H,16,19). The summed E-state index contributed by atoms with van der Waals surface area (Å²) in [6.07, 6.45) is 0. The maximum atomic E-state index is 12.2. The number of hydrogen-bond acceptors (Lipinski definition) is 5. The number of benzene rings is 1. The predicted molar refractivity (Wildman–Crippen MR) is 79.5 cm³/mol. The van der Waals surface area contributed by atoms with E-state index in [1.807, 2.05) is 38.1 Å². The Hall–Kier alpha value is -1.79. The Labute approximate surface area is 122 Å². The van der Waals surface area contributed by atoms with Crippen molar-refractivity contribution in [1.82, 2.24) is 14.9 Å². The molecular weight excluding hydrogens is 272 g/mol. The van der Waals surface area contributed by atoms with E-state index >= 15 is 0 Å². The van der Waals surface area contributed by atoms with Crippen molar-refractivity contribution in [3.8, 4) is 0 Å². The summed E-state index contributed by atoms with van der Waals surface area (Å²) < 4.78 is 3.86. The topological polar surface area (TPSA) is 80.9 Å². The summed E-state index contributed by atoms with van der Waals surface area (Å²) in [6.45, 7) is 4.92. The van der Waals surface area contributed by atoms with Gasteiger partial charge in [0.1, 0.15) is 4.88 Å². The average molecular weight is 290 g/mol. The molecule has 1 heterocycles. The van der Waals surface area contributed by atoms with E-state index in [0.29, 0.717) is 18.0 Å². The fourth-order valence-electron chi connectivity index (χ4n) is 1.92. The molecule has 0 aliphatic heterocycles. The van der Waals surface area contributed by atoms with E-state index in [-0.39, 0.29) is 11.8 Å². The number of carbonyl (C=O) groups is 1. The van der Waals surface area contributed by atoms with Crippen LogP contribution < -0.4 is 11.1 Å². The largest absolute Gasteiger partial charge is 0.347 e. The number of nitrogens with zero attached hydrogens (tertiary/aromatic N) is 2. The summed E-state index contributed by atoms with van der Waals surface area (Å²) in [5.74, 6) is 0.0568. The van der Waals surface area contributed by atoms with Gasteiger partial charge in [-0.25, -0.2) is 0 Å². The van der Waals surface area contributed by atoms with Gasteiger partial charge in [0.25, 0.3) is 5.91 Å². The lowest BCUT2D eigenvalue weighted by Gasteiger charge is -2.09. The molecule has 1 aromatic heterocycles. The highest BCUT2D eigenvalue weighted by Gasteiger charge is 2.18. The highest BCUT2D eigenvalue weighted by Crippen LogP contribution is 2.19. The van der Waals surface area contributed by atoms with Gasteiger partial charge in [-0.1, -0.05) is 42.6 Å². The number of nitrogens with two attached hydrogens (primary N) is 1. The SMILES string of the molecule is CC(C)c1nnsc1C(=O)NCc1ccccc1CN. The number of rotatable bonds is 5. The van der Waals surface area contributed by atoms with Gasteiger partial charge in [-0.2, -0.15) is 0 Å². The van der Waals surface area contributed by atoms with Crippen molar-refractivity contribution in [2.45, 2.75) is 32.9 Å². The molecular formula is C14H18N4OS. The molecule has 0 fully saturated rings. The van der Waals surface area contributed by atoms with Gasteiger partial charge in [0.2, 0.25) is 0 Å². The number of nitrogens with one attached hydrogen (secondary N) is 1. The maximum absolute atomic E-state index is 12.2. The van der Waals surface area contributed by atoms with Gasteiger partial charge < -0.3 is 11.1 Å². The van der Waals surface area contributed by atoms with Crippen LogP contribution in [0.5, 0.6) is 0 Å². The van der Waals surface area contributed by atoms with Gasteiger partial charge in [-0.05, 0) is 28.6 Å². The number of amides is 1. The lowest BCUT2D eigenvalue weighted by atomic mass is 10.1. The normalized spacial score (nSPS) is 10.8. The van der Waals surface area contributed by atoms with Gasteiger partial charge in [0.05, 0.1) is 5.69 Å². The zero-order valence-corrected chi connectivity index (χ0v) is 12.4. The van der Waals surface area contributed by atoms with E-state index in [2.05, 4.69) is 14.9 Å². The van der Waals surface area contributed by atoms with Gasteiger partial charge >= 0.3 is 0 Å². The van der Waals surface area contributed by atoms with Crippen molar-refractivity contribution in [2.24, 2.45) is 5.73 Å². The maximum Gasteiger partial charge on any atom is 0.265 e. The van der Waals surface area contributed by atoms with Crippen LogP contribution in [0.15, 0.2) is 24.3 Å². The number of hydrogen-bond donors (Lipinski definition) is 2. The molecule has 20 heavy (non-hydrogen) atoms. The van der Waals surface area contributed by atoms with E-state index in [9.17, 15) is 4.79 Å². The van der Waals surface area contributed by atoms with E-state index in [0.717, 1.165) is 28.4 Å². The van der Waals surface area contributed by atoms with Crippen molar-refractivity contribution >= 4 is 17.4 Å². The number of aromatic nitrogens is 2. The van der Waals surface area contributed by atoms with E-state index in [4.69, 9.17) is 5.73 Å². The summed E-state index contributed by atoms with van der Waals surface area (Å²) in [6, 6.07) is 7.82. The summed E-state index contributed by atoms with van der Waals surface area (Å²) >= 11 is 1.13. The highest BCUT2D eigenvalue weighted by atomic mass is 32.1. The van der Waals surface area contributed by atoms with Crippen LogP contribution in [0.3, 0.4) is 0 Å². The van der Waals surface area contributed by atoms with E-state index < -0.39 is 0 Å². The van der Waals surface area contributed by atoms with Crippen LogP contribution in [0.2, 0.25) is 0 Å². The summed E-state index contributed by atoms with van der Waals surface area (Å²) in [5.41, 5.74) is 8.51. The van der Waals surface area contributed by atoms with Crippen molar-refractivity contribution in [1.29, 1.82) is 0 Å². The van der Waals surface area contributed by atoms with Crippen LogP contribution >= 0.6 is 11.5 Å². The predicted octanol–water partition coefficient (Wildman–Crippen LogP) is 2.05. The quantitative estimate of drug-likeness (QED) is 0.883. The molecule has 6 heteroatoms. The van der Waals surface area contributed by atoms with Crippen LogP contribution in [0, 0.1) is 0 Å². The molecule has 0 aliphatic carbocycles. The monoisotopic (exact) mass is 290 g/mol. The molecule has 2 aromatic rings. The molecule has 0 atom stereocenters. The summed E-state index contributed by atoms with van der Waals surface area (Å²) in [5, 5.41) is 6.92. The third-order valence-electron chi connectivity index (χ3n) is 3.04. The summed E-state index contributed by atoms with van der Waals surface area (Å²) in [4.78, 5) is 12.8. The number of carbonyl (C=O) groups excluding carboxylic acids is 1. The van der Waals surface area contributed by atoms with Gasteiger partial charge in [-0.3, -0.25) is 4.79 Å². The average Bonchev–Trinajstić information content (AvgIpc) is 2.94. The van der Waals surface area contributed by atoms with Gasteiger partial charge in [-0.15, -0.1) is 5.10 Å². The minimum atomic E-state index is -0.129. The molecule has 5 nitrogen and oxygen atoms in total. The molecule has 0 saturated carbocycles. The van der Waals surface area contributed by atoms with Crippen molar-refractivity contribution < 1.29 is 4.79 Å². The molecule has 3 N–H and O–H groups in total. The highest BCUT2D eigenvalue weighted by molar-refractivity contribution is 7.08. The molecule has 0 aliphatic rings. The second-order valence-electron chi connectivity index (χ2n) is 4.80. The first kappa shape index (κ1) is 14.6. The van der Waals surface area contributed by atoms with Crippen molar-refractivity contribution in [3.63, 3.8) is 0 Å². The Morgan fingerprint density at radius 3 is 2.70 bits per heavy atom. The molecule has 0 spiro atoms. The van der Waals surface area contributed by atoms with Crippen molar-refractivity contribution in [2.75, 3.05) is 0 Å². The first-order chi connectivity index (χ1) is 9.63. The van der Waals surface area contributed by atoms with Crippen molar-refractivity contribution in [3.05, 3.63) is 46.0 Å². The molecule has 1 aromatic carbocycles. The minimum Gasteiger partial charge on any atom is -0.347 e. The third-order valence-corrected chi connectivity index (χ3v) is 3.78. The Kier molecular flexibility index (Phi) is 4.81. The second-order valence-corrected chi connectivity index (χ2v) is 5.55. The molecule has 2 rings (SSSR count). The zero-order chi connectivity index (χ0) is 14.5. The molecule has 0 bridgehead atoms. The molecule has 1 amide bonds. The smallest absolute Gasteiger partial charge is 0.265 e. The zero-order valence-electron chi connectivity index (χ0n) is 11.6. The van der Waals surface area contributed by atoms with Crippen LogP contribution in [0.25, 0.3) is 0 Å². The van der Waals surface area contributed by atoms with Crippen LogP contribution in [0.1, 0.15) is 46.3 Å². The molecule has 0 saturated heterocycles. The first-order valence-electron chi connectivity index (χ1n) is 6.50. The second kappa shape index (κ2) is 6.58. The fraction of sp³-hybridized carbons (Fsp3) is 0.357. The lowest BCUT2D eigenvalue weighted by molar-refractivity contribution is 0.0953.